The largest absolute Gasteiger partial charge is 0.506 e. The molecule has 0 aliphatic heterocycles. The van der Waals surface area contributed by atoms with Crippen molar-refractivity contribution in [1.82, 2.24) is 9.47 Å². The first kappa shape index (κ1) is 42.7. The van der Waals surface area contributed by atoms with Crippen LogP contribution in [0.1, 0.15) is 102 Å². The summed E-state index contributed by atoms with van der Waals surface area (Å²) in [6.07, 6.45) is 11.0. The number of allylic oxidation sites excluding steroid dienone is 1. The molecule has 288 valence electrons. The molecule has 53 heavy (non-hydrogen) atoms. The van der Waals surface area contributed by atoms with Gasteiger partial charge in [0.2, 0.25) is 0 Å². The third kappa shape index (κ3) is 11.6. The molecule has 0 spiro atoms. The highest BCUT2D eigenvalue weighted by Gasteiger charge is 2.17. The maximum absolute atomic E-state index is 13.1. The molecule has 0 fully saturated rings. The molecule has 4 aromatic rings. The lowest BCUT2D eigenvalue weighted by molar-refractivity contribution is 0.102. The number of aryl methyl sites for hydroxylation is 2. The summed E-state index contributed by atoms with van der Waals surface area (Å²) in [7, 11) is 0. The highest BCUT2D eigenvalue weighted by Crippen LogP contribution is 2.40. The number of ether oxygens (including phenoxy) is 1. The number of nitrogens with zero attached hydrogens (tertiary/aromatic N) is 3. The van der Waals surface area contributed by atoms with E-state index in [9.17, 15) is 15.0 Å². The number of hydrogen-bond donors (Lipinski definition) is 3. The standard InChI is InChI=1S/C43H58N4O4.C2H6/c1-9-22-45(25-20-30(5)10-2)23-13-24-47-33(8)32(7)38-29-37(18-19-39(38)47)51-36-16-14-34(15-17-36)43(50)44-35-27-40(48)42(41(49)28-35)46(12-4)26-21-31(6)11-3;1-2/h12,14-19,21,26-31,48-49H,4,9-11,13,20,22-25H2,1-3,5-8H3,(H,44,50);1-2H3/b26-21-;. The molecule has 8 nitrogen and oxygen atoms in total. The van der Waals surface area contributed by atoms with Gasteiger partial charge in [0.05, 0.1) is 0 Å². The number of carbonyl (C=O) groups excluding carboxylic acids is 1. The topological polar surface area (TPSA) is 90.2 Å². The van der Waals surface area contributed by atoms with Crippen molar-refractivity contribution >= 4 is 28.2 Å². The zero-order chi connectivity index (χ0) is 39.1. The number of anilines is 2. The van der Waals surface area contributed by atoms with Crippen LogP contribution in [0, 0.1) is 25.7 Å². The van der Waals surface area contributed by atoms with E-state index in [0.717, 1.165) is 44.1 Å². The summed E-state index contributed by atoms with van der Waals surface area (Å²) in [4.78, 5) is 17.2. The Morgan fingerprint density at radius 1 is 0.925 bits per heavy atom. The molecule has 0 aliphatic rings. The minimum atomic E-state index is -0.382. The van der Waals surface area contributed by atoms with Crippen molar-refractivity contribution < 1.29 is 19.7 Å². The van der Waals surface area contributed by atoms with Gasteiger partial charge in [-0.3, -0.25) is 4.79 Å². The van der Waals surface area contributed by atoms with Gasteiger partial charge in [-0.1, -0.05) is 74.0 Å². The average Bonchev–Trinajstić information content (AvgIpc) is 3.39. The van der Waals surface area contributed by atoms with Gasteiger partial charge in [-0.15, -0.1) is 0 Å². The zero-order valence-electron chi connectivity index (χ0n) is 33.7. The SMILES string of the molecule is C=CN(/C=C\C(C)CC)c1c(O)cc(NC(=O)c2ccc(Oc3ccc4c(c3)c(C)c(C)n4CCCN(CCC)CCC(C)CC)cc2)cc1O.CC. The molecule has 3 N–H and O–H groups in total. The van der Waals surface area contributed by atoms with Crippen LogP contribution >= 0.6 is 0 Å². The number of phenols is 2. The Morgan fingerprint density at radius 2 is 1.58 bits per heavy atom. The minimum Gasteiger partial charge on any atom is -0.506 e. The summed E-state index contributed by atoms with van der Waals surface area (Å²) in [6, 6.07) is 15.9. The second kappa shape index (κ2) is 21.1. The number of benzene rings is 3. The van der Waals surface area contributed by atoms with Crippen molar-refractivity contribution in [3.8, 4) is 23.0 Å². The van der Waals surface area contributed by atoms with E-state index in [0.29, 0.717) is 17.2 Å². The maximum Gasteiger partial charge on any atom is 0.255 e. The second-order valence-corrected chi connectivity index (χ2v) is 13.8. The van der Waals surface area contributed by atoms with Crippen molar-refractivity contribution in [2.45, 2.75) is 101 Å². The number of carbonyl (C=O) groups is 1. The molecule has 0 radical (unpaired) electrons. The molecule has 2 atom stereocenters. The number of aromatic nitrogens is 1. The third-order valence-corrected chi connectivity index (χ3v) is 10.00. The van der Waals surface area contributed by atoms with Crippen LogP contribution in [0.2, 0.25) is 0 Å². The summed E-state index contributed by atoms with van der Waals surface area (Å²) in [5.41, 5.74) is 4.62. The van der Waals surface area contributed by atoms with E-state index in [4.69, 9.17) is 4.74 Å². The van der Waals surface area contributed by atoms with Crippen LogP contribution in [-0.2, 0) is 6.54 Å². The van der Waals surface area contributed by atoms with Gasteiger partial charge < -0.3 is 34.6 Å². The first-order valence-corrected chi connectivity index (χ1v) is 19.6. The zero-order valence-corrected chi connectivity index (χ0v) is 33.7. The molecule has 1 aromatic heterocycles. The van der Waals surface area contributed by atoms with Crippen LogP contribution < -0.4 is 15.0 Å². The van der Waals surface area contributed by atoms with Crippen LogP contribution in [0.5, 0.6) is 23.0 Å². The number of aromatic hydroxyl groups is 2. The van der Waals surface area contributed by atoms with Crippen molar-refractivity contribution in [3.63, 3.8) is 0 Å². The highest BCUT2D eigenvalue weighted by atomic mass is 16.5. The Balaban J connectivity index is 0.00000372. The monoisotopic (exact) mass is 724 g/mol. The Hall–Kier alpha value is -4.69. The molecule has 4 rings (SSSR count). The number of amides is 1. The van der Waals surface area contributed by atoms with E-state index in [1.165, 1.54) is 66.3 Å². The van der Waals surface area contributed by atoms with Crippen molar-refractivity contribution in [1.29, 1.82) is 0 Å². The van der Waals surface area contributed by atoms with Crippen LogP contribution in [-0.4, -0.2) is 45.2 Å². The molecule has 2 unspecified atom stereocenters. The van der Waals surface area contributed by atoms with E-state index in [1.54, 1.807) is 35.4 Å². The van der Waals surface area contributed by atoms with Gasteiger partial charge in [-0.05, 0) is 113 Å². The molecule has 3 aromatic carbocycles. The number of phenolic OH excluding ortho intramolecular Hbond substituents is 2. The number of hydrogen-bond acceptors (Lipinski definition) is 6. The molecule has 0 saturated heterocycles. The molecule has 0 saturated carbocycles. The van der Waals surface area contributed by atoms with Crippen molar-refractivity contribution in [2.75, 3.05) is 29.9 Å². The minimum absolute atomic E-state index is 0.186. The third-order valence-electron chi connectivity index (χ3n) is 10.00. The second-order valence-electron chi connectivity index (χ2n) is 13.8. The maximum atomic E-state index is 13.1. The summed E-state index contributed by atoms with van der Waals surface area (Å²) >= 11 is 0. The molecule has 1 amide bonds. The van der Waals surface area contributed by atoms with Gasteiger partial charge in [0, 0.05) is 58.9 Å². The first-order valence-electron chi connectivity index (χ1n) is 19.6. The summed E-state index contributed by atoms with van der Waals surface area (Å²) in [5.74, 6) is 1.68. The van der Waals surface area contributed by atoms with E-state index in [2.05, 4.69) is 82.0 Å². The Morgan fingerprint density at radius 3 is 2.19 bits per heavy atom. The lowest BCUT2D eigenvalue weighted by atomic mass is 10.1. The summed E-state index contributed by atoms with van der Waals surface area (Å²) in [6.45, 7) is 27.6. The fraction of sp³-hybridized carbons (Fsp3) is 0.444. The van der Waals surface area contributed by atoms with Gasteiger partial charge in [0.1, 0.15) is 28.7 Å². The molecule has 0 aliphatic carbocycles. The number of nitrogens with one attached hydrogen (secondary N) is 1. The molecular formula is C45H64N4O4. The van der Waals surface area contributed by atoms with Crippen LogP contribution in [0.15, 0.2) is 79.7 Å². The summed E-state index contributed by atoms with van der Waals surface area (Å²) in [5, 5.41) is 25.4. The van der Waals surface area contributed by atoms with E-state index >= 15 is 0 Å². The molecular weight excluding hydrogens is 661 g/mol. The highest BCUT2D eigenvalue weighted by molar-refractivity contribution is 6.04. The Labute approximate surface area is 318 Å². The van der Waals surface area contributed by atoms with Gasteiger partial charge in [0.15, 0.2) is 0 Å². The molecule has 8 heteroatoms. The van der Waals surface area contributed by atoms with E-state index < -0.39 is 0 Å². The Bertz CT molecular complexity index is 1770. The van der Waals surface area contributed by atoms with Gasteiger partial charge in [-0.25, -0.2) is 0 Å². The fourth-order valence-electron chi connectivity index (χ4n) is 6.25. The van der Waals surface area contributed by atoms with Crippen molar-refractivity contribution in [2.24, 2.45) is 11.8 Å². The van der Waals surface area contributed by atoms with Gasteiger partial charge in [0.25, 0.3) is 5.91 Å². The number of rotatable bonds is 19. The van der Waals surface area contributed by atoms with Crippen LogP contribution in [0.3, 0.4) is 0 Å². The predicted octanol–water partition coefficient (Wildman–Crippen LogP) is 11.8. The quantitative estimate of drug-likeness (QED) is 0.0892. The van der Waals surface area contributed by atoms with Gasteiger partial charge >= 0.3 is 0 Å². The van der Waals surface area contributed by atoms with Gasteiger partial charge in [-0.2, -0.15) is 0 Å². The Kier molecular flexibility index (Phi) is 17.0. The lowest BCUT2D eigenvalue weighted by Crippen LogP contribution is -2.28. The van der Waals surface area contributed by atoms with Crippen molar-refractivity contribution in [3.05, 3.63) is 96.5 Å². The lowest BCUT2D eigenvalue weighted by Gasteiger charge is -2.23. The summed E-state index contributed by atoms with van der Waals surface area (Å²) < 4.78 is 8.66. The van der Waals surface area contributed by atoms with Crippen LogP contribution in [0.25, 0.3) is 10.9 Å². The van der Waals surface area contributed by atoms with E-state index in [-0.39, 0.29) is 28.8 Å². The predicted molar refractivity (Wildman–Crippen MR) is 224 cm³/mol. The van der Waals surface area contributed by atoms with Crippen LogP contribution in [0.4, 0.5) is 11.4 Å². The first-order chi connectivity index (χ1) is 25.5. The smallest absolute Gasteiger partial charge is 0.255 e. The molecule has 1 heterocycles. The fourth-order valence-corrected chi connectivity index (χ4v) is 6.25. The number of fused-ring (bicyclic) bond motifs is 1. The van der Waals surface area contributed by atoms with E-state index in [1.807, 2.05) is 26.0 Å². The molecule has 0 bridgehead atoms. The average molecular weight is 725 g/mol. The normalized spacial score (nSPS) is 12.4.